The van der Waals surface area contributed by atoms with E-state index in [1.165, 1.54) is 17.8 Å². The molecule has 2 aromatic carbocycles. The number of aromatic nitrogens is 2. The standard InChI is InChI=1S/C19H16F2N2OS/c1-12-5-3-4-6-17(12)24-18-9-13(2)22-19(23-18)25-11-14-7-8-15(20)16(21)10-14/h3-10H,11H2,1-2H3. The molecule has 0 N–H and O–H groups in total. The van der Waals surface area contributed by atoms with Crippen molar-refractivity contribution in [2.24, 2.45) is 0 Å². The van der Waals surface area contributed by atoms with Crippen LogP contribution in [0, 0.1) is 25.5 Å². The van der Waals surface area contributed by atoms with E-state index < -0.39 is 11.6 Å². The van der Waals surface area contributed by atoms with Crippen LogP contribution in [0.25, 0.3) is 0 Å². The lowest BCUT2D eigenvalue weighted by Gasteiger charge is -2.09. The number of halogens is 2. The number of benzene rings is 2. The van der Waals surface area contributed by atoms with Crippen molar-refractivity contribution in [3.05, 3.63) is 77.0 Å². The van der Waals surface area contributed by atoms with Crippen LogP contribution in [0.2, 0.25) is 0 Å². The minimum atomic E-state index is -0.855. The van der Waals surface area contributed by atoms with Crippen molar-refractivity contribution in [3.8, 4) is 11.6 Å². The first kappa shape index (κ1) is 17.4. The zero-order chi connectivity index (χ0) is 17.8. The molecule has 0 atom stereocenters. The van der Waals surface area contributed by atoms with E-state index in [9.17, 15) is 8.78 Å². The molecule has 0 amide bonds. The molecule has 128 valence electrons. The summed E-state index contributed by atoms with van der Waals surface area (Å²) in [6, 6.07) is 13.3. The topological polar surface area (TPSA) is 35.0 Å². The van der Waals surface area contributed by atoms with Crippen LogP contribution in [0.15, 0.2) is 53.7 Å². The van der Waals surface area contributed by atoms with E-state index in [-0.39, 0.29) is 0 Å². The van der Waals surface area contributed by atoms with E-state index in [1.807, 2.05) is 38.1 Å². The number of nitrogens with zero attached hydrogens (tertiary/aromatic N) is 2. The molecule has 3 nitrogen and oxygen atoms in total. The summed E-state index contributed by atoms with van der Waals surface area (Å²) in [6.45, 7) is 3.82. The molecule has 6 heteroatoms. The van der Waals surface area contributed by atoms with E-state index in [0.717, 1.165) is 23.1 Å². The molecule has 0 spiro atoms. The minimum absolute atomic E-state index is 0.435. The van der Waals surface area contributed by atoms with Crippen molar-refractivity contribution in [1.29, 1.82) is 0 Å². The Balaban J connectivity index is 1.75. The lowest BCUT2D eigenvalue weighted by atomic mass is 10.2. The molecule has 3 aromatic rings. The molecular weight excluding hydrogens is 342 g/mol. The SMILES string of the molecule is Cc1cc(Oc2ccccc2C)nc(SCc2ccc(F)c(F)c2)n1. The average Bonchev–Trinajstić information content (AvgIpc) is 2.58. The Morgan fingerprint density at radius 3 is 2.52 bits per heavy atom. The van der Waals surface area contributed by atoms with Crippen LogP contribution in [-0.2, 0) is 5.75 Å². The highest BCUT2D eigenvalue weighted by atomic mass is 32.2. The largest absolute Gasteiger partial charge is 0.439 e. The molecule has 25 heavy (non-hydrogen) atoms. The van der Waals surface area contributed by atoms with Gasteiger partial charge in [-0.05, 0) is 43.2 Å². The zero-order valence-corrected chi connectivity index (χ0v) is 14.6. The van der Waals surface area contributed by atoms with E-state index >= 15 is 0 Å². The fourth-order valence-electron chi connectivity index (χ4n) is 2.19. The maximum atomic E-state index is 13.3. The third-order valence-electron chi connectivity index (χ3n) is 3.47. The number of hydrogen-bond donors (Lipinski definition) is 0. The van der Waals surface area contributed by atoms with Gasteiger partial charge in [0.05, 0.1) is 0 Å². The smallest absolute Gasteiger partial charge is 0.223 e. The quantitative estimate of drug-likeness (QED) is 0.448. The summed E-state index contributed by atoms with van der Waals surface area (Å²) >= 11 is 1.34. The normalized spacial score (nSPS) is 10.7. The van der Waals surface area contributed by atoms with Crippen molar-refractivity contribution in [1.82, 2.24) is 9.97 Å². The van der Waals surface area contributed by atoms with Gasteiger partial charge in [-0.15, -0.1) is 0 Å². The minimum Gasteiger partial charge on any atom is -0.439 e. The van der Waals surface area contributed by atoms with Gasteiger partial charge in [0, 0.05) is 17.5 Å². The molecule has 0 aliphatic heterocycles. The Kier molecular flexibility index (Phi) is 5.28. The molecule has 0 fully saturated rings. The van der Waals surface area contributed by atoms with Gasteiger partial charge < -0.3 is 4.74 Å². The fourth-order valence-corrected chi connectivity index (χ4v) is 3.03. The average molecular weight is 358 g/mol. The lowest BCUT2D eigenvalue weighted by molar-refractivity contribution is 0.451. The van der Waals surface area contributed by atoms with Gasteiger partial charge in [-0.1, -0.05) is 36.0 Å². The molecular formula is C19H16F2N2OS. The summed E-state index contributed by atoms with van der Waals surface area (Å²) in [5.41, 5.74) is 2.44. The first-order valence-corrected chi connectivity index (χ1v) is 8.66. The van der Waals surface area contributed by atoms with E-state index in [2.05, 4.69) is 9.97 Å². The second-order valence-corrected chi connectivity index (χ2v) is 6.48. The first-order valence-electron chi connectivity index (χ1n) is 7.67. The summed E-state index contributed by atoms with van der Waals surface area (Å²) in [6.07, 6.45) is 0. The van der Waals surface area contributed by atoms with Crippen molar-refractivity contribution >= 4 is 11.8 Å². The Bertz CT molecular complexity index is 902. The summed E-state index contributed by atoms with van der Waals surface area (Å²) in [5, 5.41) is 0.522. The van der Waals surface area contributed by atoms with Gasteiger partial charge in [0.1, 0.15) is 5.75 Å². The number of para-hydroxylation sites is 1. The molecule has 3 rings (SSSR count). The van der Waals surface area contributed by atoms with Crippen LogP contribution in [0.5, 0.6) is 11.6 Å². The zero-order valence-electron chi connectivity index (χ0n) is 13.8. The van der Waals surface area contributed by atoms with Gasteiger partial charge in [-0.25, -0.2) is 13.8 Å². The van der Waals surface area contributed by atoms with Gasteiger partial charge in [-0.3, -0.25) is 0 Å². The van der Waals surface area contributed by atoms with E-state index in [4.69, 9.17) is 4.74 Å². The number of rotatable bonds is 5. The van der Waals surface area contributed by atoms with Gasteiger partial charge in [-0.2, -0.15) is 4.98 Å². The highest BCUT2D eigenvalue weighted by molar-refractivity contribution is 7.98. The number of aryl methyl sites for hydroxylation is 2. The van der Waals surface area contributed by atoms with Crippen molar-refractivity contribution < 1.29 is 13.5 Å². The third-order valence-corrected chi connectivity index (χ3v) is 4.39. The Morgan fingerprint density at radius 2 is 1.76 bits per heavy atom. The molecule has 0 radical (unpaired) electrons. The van der Waals surface area contributed by atoms with Gasteiger partial charge in [0.2, 0.25) is 5.88 Å². The molecule has 0 aliphatic rings. The van der Waals surface area contributed by atoms with Crippen molar-refractivity contribution in [2.45, 2.75) is 24.8 Å². The molecule has 0 saturated heterocycles. The van der Waals surface area contributed by atoms with Crippen molar-refractivity contribution in [2.75, 3.05) is 0 Å². The van der Waals surface area contributed by atoms with Crippen LogP contribution >= 0.6 is 11.8 Å². The van der Waals surface area contributed by atoms with E-state index in [1.54, 1.807) is 12.1 Å². The first-order chi connectivity index (χ1) is 12.0. The lowest BCUT2D eigenvalue weighted by Crippen LogP contribution is -1.96. The summed E-state index contributed by atoms with van der Waals surface area (Å²) in [7, 11) is 0. The highest BCUT2D eigenvalue weighted by Crippen LogP contribution is 2.27. The monoisotopic (exact) mass is 358 g/mol. The van der Waals surface area contributed by atoms with Gasteiger partial charge >= 0.3 is 0 Å². The van der Waals surface area contributed by atoms with E-state index in [0.29, 0.717) is 22.4 Å². The van der Waals surface area contributed by atoms with Crippen LogP contribution in [-0.4, -0.2) is 9.97 Å². The maximum Gasteiger partial charge on any atom is 0.223 e. The predicted molar refractivity (Wildman–Crippen MR) is 93.9 cm³/mol. The Hall–Kier alpha value is -2.47. The molecule has 0 aliphatic carbocycles. The Labute approximate surface area is 149 Å². The summed E-state index contributed by atoms with van der Waals surface area (Å²) in [4.78, 5) is 8.74. The molecule has 1 heterocycles. The van der Waals surface area contributed by atoms with Gasteiger partial charge in [0.25, 0.3) is 0 Å². The van der Waals surface area contributed by atoms with Crippen LogP contribution in [0.3, 0.4) is 0 Å². The highest BCUT2D eigenvalue weighted by Gasteiger charge is 2.08. The number of hydrogen-bond acceptors (Lipinski definition) is 4. The van der Waals surface area contributed by atoms with Crippen molar-refractivity contribution in [3.63, 3.8) is 0 Å². The molecule has 1 aromatic heterocycles. The number of ether oxygens (including phenoxy) is 1. The molecule has 0 unspecified atom stereocenters. The molecule has 0 bridgehead atoms. The third kappa shape index (κ3) is 4.54. The second-order valence-electron chi connectivity index (χ2n) is 5.53. The van der Waals surface area contributed by atoms with Gasteiger partial charge in [0.15, 0.2) is 16.8 Å². The summed E-state index contributed by atoms with van der Waals surface area (Å²) in [5.74, 6) is -0.0853. The second kappa shape index (κ2) is 7.61. The van der Waals surface area contributed by atoms with Crippen LogP contribution in [0.4, 0.5) is 8.78 Å². The van der Waals surface area contributed by atoms with Crippen LogP contribution in [0.1, 0.15) is 16.8 Å². The Morgan fingerprint density at radius 1 is 0.960 bits per heavy atom. The fraction of sp³-hybridized carbons (Fsp3) is 0.158. The molecule has 0 saturated carbocycles. The number of thioether (sulfide) groups is 1. The predicted octanol–water partition coefficient (Wildman–Crippen LogP) is 5.46. The van der Waals surface area contributed by atoms with Crippen LogP contribution < -0.4 is 4.74 Å². The summed E-state index contributed by atoms with van der Waals surface area (Å²) < 4.78 is 32.1. The maximum absolute atomic E-state index is 13.3.